The molecule has 0 aliphatic rings. The third kappa shape index (κ3) is 2.63. The third-order valence-corrected chi connectivity index (χ3v) is 2.68. The van der Waals surface area contributed by atoms with E-state index in [-0.39, 0.29) is 15.9 Å². The average Bonchev–Trinajstić information content (AvgIpc) is 2.14. The van der Waals surface area contributed by atoms with Crippen LogP contribution in [-0.4, -0.2) is 4.98 Å². The predicted molar refractivity (Wildman–Crippen MR) is 51.8 cm³/mol. The zero-order valence-electron chi connectivity index (χ0n) is 7.45. The van der Waals surface area contributed by atoms with Gasteiger partial charge in [-0.05, 0) is 5.56 Å². The van der Waals surface area contributed by atoms with E-state index in [1.807, 2.05) is 0 Å². The Morgan fingerprint density at radius 2 is 1.94 bits per heavy atom. The zero-order valence-corrected chi connectivity index (χ0v) is 9.80. The lowest BCUT2D eigenvalue weighted by atomic mass is 10.1. The lowest BCUT2D eigenvalue weighted by molar-refractivity contribution is -0.143. The van der Waals surface area contributed by atoms with Crippen LogP contribution in [-0.2, 0) is 11.5 Å². The van der Waals surface area contributed by atoms with E-state index in [0.717, 1.165) is 0 Å². The third-order valence-electron chi connectivity index (χ3n) is 1.80. The van der Waals surface area contributed by atoms with Crippen LogP contribution in [0.5, 0.6) is 0 Å². The minimum atomic E-state index is -4.92. The van der Waals surface area contributed by atoms with Crippen LogP contribution in [0.4, 0.5) is 22.0 Å². The first-order chi connectivity index (χ1) is 7.29. The number of hydrogen-bond acceptors (Lipinski definition) is 1. The molecule has 0 amide bonds. The largest absolute Gasteiger partial charge is 0.433 e. The van der Waals surface area contributed by atoms with Gasteiger partial charge in [-0.3, -0.25) is 0 Å². The molecule has 1 heterocycles. The molecule has 0 bridgehead atoms. The summed E-state index contributed by atoms with van der Waals surface area (Å²) in [6.45, 7) is 0. The van der Waals surface area contributed by atoms with Gasteiger partial charge in [0.2, 0.25) is 0 Å². The molecule has 0 saturated carbocycles. The van der Waals surface area contributed by atoms with Crippen molar-refractivity contribution in [3.8, 4) is 0 Å². The fraction of sp³-hybridized carbons (Fsp3) is 0.375. The van der Waals surface area contributed by atoms with Gasteiger partial charge in [0.15, 0.2) is 5.69 Å². The van der Waals surface area contributed by atoms with Crippen LogP contribution in [0.3, 0.4) is 0 Å². The van der Waals surface area contributed by atoms with E-state index in [0.29, 0.717) is 6.20 Å². The molecule has 1 rings (SSSR count). The van der Waals surface area contributed by atoms with E-state index in [4.69, 9.17) is 11.6 Å². The number of hydrogen-bond donors (Lipinski definition) is 0. The molecule has 1 aromatic rings. The first-order valence-electron chi connectivity index (χ1n) is 3.87. The number of halogens is 7. The number of pyridine rings is 1. The van der Waals surface area contributed by atoms with Crippen LogP contribution in [0.15, 0.2) is 6.20 Å². The SMILES string of the molecule is FC(F)c1c(C(F)(F)F)ncc(Cl)c1CBr. The van der Waals surface area contributed by atoms with Crippen LogP contribution in [0.1, 0.15) is 23.2 Å². The van der Waals surface area contributed by atoms with Gasteiger partial charge in [0.25, 0.3) is 6.43 Å². The van der Waals surface area contributed by atoms with E-state index in [1.54, 1.807) is 0 Å². The van der Waals surface area contributed by atoms with Crippen molar-refractivity contribution in [2.75, 3.05) is 0 Å². The maximum absolute atomic E-state index is 12.6. The van der Waals surface area contributed by atoms with Gasteiger partial charge in [0.1, 0.15) is 0 Å². The van der Waals surface area contributed by atoms with E-state index < -0.39 is 23.9 Å². The average molecular weight is 324 g/mol. The predicted octanol–water partition coefficient (Wildman–Crippen LogP) is 4.59. The molecule has 16 heavy (non-hydrogen) atoms. The topological polar surface area (TPSA) is 12.9 Å². The van der Waals surface area contributed by atoms with E-state index in [2.05, 4.69) is 20.9 Å². The highest BCUT2D eigenvalue weighted by Gasteiger charge is 2.39. The Labute approximate surface area is 101 Å². The molecule has 0 unspecified atom stereocenters. The van der Waals surface area contributed by atoms with Gasteiger partial charge in [-0.2, -0.15) is 13.2 Å². The molecule has 0 aliphatic carbocycles. The van der Waals surface area contributed by atoms with Crippen LogP contribution >= 0.6 is 27.5 Å². The van der Waals surface area contributed by atoms with Gasteiger partial charge in [-0.1, -0.05) is 27.5 Å². The zero-order chi connectivity index (χ0) is 12.5. The van der Waals surface area contributed by atoms with Crippen molar-refractivity contribution < 1.29 is 22.0 Å². The molecule has 0 radical (unpaired) electrons. The van der Waals surface area contributed by atoms with Gasteiger partial charge < -0.3 is 0 Å². The molecule has 90 valence electrons. The molecular weight excluding hydrogens is 320 g/mol. The first-order valence-corrected chi connectivity index (χ1v) is 5.37. The summed E-state index contributed by atoms with van der Waals surface area (Å²) in [5.41, 5.74) is -3.06. The van der Waals surface area contributed by atoms with Crippen molar-refractivity contribution in [2.24, 2.45) is 0 Å². The van der Waals surface area contributed by atoms with Crippen molar-refractivity contribution in [3.05, 3.63) is 28.0 Å². The van der Waals surface area contributed by atoms with Gasteiger partial charge >= 0.3 is 6.18 Å². The Morgan fingerprint density at radius 3 is 2.31 bits per heavy atom. The Bertz CT molecular complexity index is 393. The van der Waals surface area contributed by atoms with Crippen LogP contribution < -0.4 is 0 Å². The van der Waals surface area contributed by atoms with Gasteiger partial charge in [0, 0.05) is 11.5 Å². The Balaban J connectivity index is 3.52. The maximum Gasteiger partial charge on any atom is 0.433 e. The molecular formula is C8H4BrClF5N. The second-order valence-corrected chi connectivity index (χ2v) is 3.75. The molecule has 1 aromatic heterocycles. The minimum Gasteiger partial charge on any atom is -0.250 e. The monoisotopic (exact) mass is 323 g/mol. The lowest BCUT2D eigenvalue weighted by Crippen LogP contribution is -2.14. The molecule has 1 nitrogen and oxygen atoms in total. The molecule has 0 aliphatic heterocycles. The molecule has 0 atom stereocenters. The summed E-state index contributed by atoms with van der Waals surface area (Å²) in [4.78, 5) is 2.92. The van der Waals surface area contributed by atoms with Crippen LogP contribution in [0, 0.1) is 0 Å². The summed E-state index contributed by atoms with van der Waals surface area (Å²) in [6, 6.07) is 0. The number of aromatic nitrogens is 1. The molecule has 8 heteroatoms. The van der Waals surface area contributed by atoms with Crippen molar-refractivity contribution in [2.45, 2.75) is 17.9 Å². The van der Waals surface area contributed by atoms with Crippen molar-refractivity contribution >= 4 is 27.5 Å². The standard InChI is InChI=1S/C8H4BrClF5N/c9-1-3-4(10)2-16-6(8(13,14)15)5(3)7(11)12/h2,7H,1H2. The van der Waals surface area contributed by atoms with Crippen molar-refractivity contribution in [1.29, 1.82) is 0 Å². The summed E-state index contributed by atoms with van der Waals surface area (Å²) >= 11 is 8.32. The lowest BCUT2D eigenvalue weighted by Gasteiger charge is -2.15. The molecule has 0 N–H and O–H groups in total. The second-order valence-electron chi connectivity index (χ2n) is 2.78. The second kappa shape index (κ2) is 4.83. The van der Waals surface area contributed by atoms with E-state index in [9.17, 15) is 22.0 Å². The smallest absolute Gasteiger partial charge is 0.250 e. The fourth-order valence-electron chi connectivity index (χ4n) is 1.14. The Morgan fingerprint density at radius 1 is 1.38 bits per heavy atom. The highest BCUT2D eigenvalue weighted by atomic mass is 79.9. The highest BCUT2D eigenvalue weighted by molar-refractivity contribution is 9.08. The van der Waals surface area contributed by atoms with Crippen molar-refractivity contribution in [1.82, 2.24) is 4.98 Å². The fourth-order valence-corrected chi connectivity index (χ4v) is 2.12. The summed E-state index contributed by atoms with van der Waals surface area (Å²) in [5.74, 6) is 0. The van der Waals surface area contributed by atoms with Crippen LogP contribution in [0.25, 0.3) is 0 Å². The number of nitrogens with zero attached hydrogens (tertiary/aromatic N) is 1. The highest BCUT2D eigenvalue weighted by Crippen LogP contribution is 2.39. The molecule has 0 saturated heterocycles. The minimum absolute atomic E-state index is 0.197. The van der Waals surface area contributed by atoms with Gasteiger partial charge in [0.05, 0.1) is 10.6 Å². The normalized spacial score (nSPS) is 12.2. The van der Waals surface area contributed by atoms with Crippen molar-refractivity contribution in [3.63, 3.8) is 0 Å². The van der Waals surface area contributed by atoms with Gasteiger partial charge in [-0.15, -0.1) is 0 Å². The molecule has 0 fully saturated rings. The Kier molecular flexibility index (Phi) is 4.12. The summed E-state index contributed by atoms with van der Waals surface area (Å²) in [5, 5.41) is -0.419. The van der Waals surface area contributed by atoms with E-state index in [1.165, 1.54) is 0 Å². The molecule has 0 spiro atoms. The number of alkyl halides is 6. The van der Waals surface area contributed by atoms with Crippen LogP contribution in [0.2, 0.25) is 5.02 Å². The maximum atomic E-state index is 12.6. The summed E-state index contributed by atoms with van der Waals surface area (Å²) < 4.78 is 62.3. The summed E-state index contributed by atoms with van der Waals surface area (Å²) in [6.07, 6.45) is -7.49. The Hall–Kier alpha value is -0.430. The van der Waals surface area contributed by atoms with Gasteiger partial charge in [-0.25, -0.2) is 13.8 Å². The van der Waals surface area contributed by atoms with E-state index >= 15 is 0 Å². The molecule has 0 aromatic carbocycles. The number of rotatable bonds is 2. The first kappa shape index (κ1) is 13.6. The quantitative estimate of drug-likeness (QED) is 0.573. The summed E-state index contributed by atoms with van der Waals surface area (Å²) in [7, 11) is 0.